The number of hydrogen-bond donors (Lipinski definition) is 1. The first kappa shape index (κ1) is 26.0. The van der Waals surface area contributed by atoms with Crippen LogP contribution in [0.1, 0.15) is 43.0 Å². The maximum atomic E-state index is 12.2. The Hall–Kier alpha value is -3.58. The van der Waals surface area contributed by atoms with Crippen LogP contribution in [0.5, 0.6) is 0 Å². The van der Waals surface area contributed by atoms with Crippen molar-refractivity contribution in [3.05, 3.63) is 59.8 Å². The van der Waals surface area contributed by atoms with Crippen LogP contribution in [-0.4, -0.2) is 74.5 Å². The summed E-state index contributed by atoms with van der Waals surface area (Å²) in [5.41, 5.74) is 3.63. The molecule has 4 aromatic rings. The minimum atomic E-state index is -3.38. The Morgan fingerprint density at radius 2 is 2.11 bits per heavy atom. The van der Waals surface area contributed by atoms with Crippen molar-refractivity contribution in [1.82, 2.24) is 34.0 Å². The molecule has 1 aliphatic rings. The summed E-state index contributed by atoms with van der Waals surface area (Å²) in [5, 5.41) is 15.5. The highest BCUT2D eigenvalue weighted by molar-refractivity contribution is 7.90. The minimum Gasteiger partial charge on any atom is -0.381 e. The van der Waals surface area contributed by atoms with Gasteiger partial charge in [-0.1, -0.05) is 18.2 Å². The Morgan fingerprint density at radius 3 is 2.87 bits per heavy atom. The van der Waals surface area contributed by atoms with Crippen LogP contribution in [0.2, 0.25) is 0 Å². The molecule has 4 aromatic heterocycles. The Bertz CT molecular complexity index is 1470. The summed E-state index contributed by atoms with van der Waals surface area (Å²) in [6.45, 7) is 4.51. The van der Waals surface area contributed by atoms with E-state index in [0.717, 1.165) is 51.9 Å². The van der Waals surface area contributed by atoms with Gasteiger partial charge in [-0.3, -0.25) is 4.98 Å². The number of nitrogens with one attached hydrogen (secondary N) is 1. The first-order valence-electron chi connectivity index (χ1n) is 12.9. The zero-order valence-electron chi connectivity index (χ0n) is 21.7. The zero-order chi connectivity index (χ0) is 26.5. The molecule has 1 fully saturated rings. The van der Waals surface area contributed by atoms with E-state index in [1.54, 1.807) is 6.20 Å². The van der Waals surface area contributed by atoms with Crippen molar-refractivity contribution in [1.29, 1.82) is 0 Å². The number of aryl methyl sites for hydroxylation is 1. The van der Waals surface area contributed by atoms with E-state index in [0.29, 0.717) is 44.7 Å². The summed E-state index contributed by atoms with van der Waals surface area (Å²) < 4.78 is 33.1. The third kappa shape index (κ3) is 5.94. The van der Waals surface area contributed by atoms with Gasteiger partial charge in [0.25, 0.3) is 10.0 Å². The second-order valence-electron chi connectivity index (χ2n) is 9.44. The Kier molecular flexibility index (Phi) is 7.84. The van der Waals surface area contributed by atoms with Crippen molar-refractivity contribution in [2.75, 3.05) is 37.0 Å². The van der Waals surface area contributed by atoms with Crippen molar-refractivity contribution in [3.8, 4) is 0 Å². The van der Waals surface area contributed by atoms with Gasteiger partial charge in [-0.05, 0) is 37.3 Å². The second-order valence-corrected chi connectivity index (χ2v) is 11.5. The van der Waals surface area contributed by atoms with Gasteiger partial charge in [0.2, 0.25) is 0 Å². The van der Waals surface area contributed by atoms with Crippen LogP contribution in [-0.2, 0) is 34.1 Å². The van der Waals surface area contributed by atoms with E-state index in [4.69, 9.17) is 9.72 Å². The third-order valence-electron chi connectivity index (χ3n) is 6.51. The summed E-state index contributed by atoms with van der Waals surface area (Å²) in [6.07, 6.45) is 10.5. The lowest BCUT2D eigenvalue weighted by molar-refractivity contribution is 0.135. The molecular weight excluding hydrogens is 506 g/mol. The highest BCUT2D eigenvalue weighted by atomic mass is 32.2. The van der Waals surface area contributed by atoms with Crippen LogP contribution in [0.4, 0.5) is 11.6 Å². The van der Waals surface area contributed by atoms with Crippen LogP contribution in [0, 0.1) is 0 Å². The van der Waals surface area contributed by atoms with Crippen LogP contribution < -0.4 is 10.2 Å². The molecule has 0 unspecified atom stereocenters. The summed E-state index contributed by atoms with van der Waals surface area (Å²) in [4.78, 5) is 11.2. The Balaban J connectivity index is 1.13. The Labute approximate surface area is 222 Å². The standard InChI is InChI=1S/C25H33N9O3S/c1-3-20-17-28-34-23(27-16-19-6-4-10-26-15-19)14-24(29-25(20)34)32(2)11-5-12-37-13-9-21-18-33(31-30-21)38(35,36)22-7-8-22/h4,6,10,14-15,17-18,22,27H,3,5,7-9,11-13,16H2,1-2H3. The van der Waals surface area contributed by atoms with E-state index in [9.17, 15) is 8.42 Å². The van der Waals surface area contributed by atoms with E-state index in [2.05, 4.69) is 37.5 Å². The number of fused-ring (bicyclic) bond motifs is 1. The van der Waals surface area contributed by atoms with Gasteiger partial charge in [0.15, 0.2) is 5.65 Å². The van der Waals surface area contributed by atoms with Crippen molar-refractivity contribution >= 4 is 27.3 Å². The summed E-state index contributed by atoms with van der Waals surface area (Å²) in [5.74, 6) is 1.73. The number of nitrogens with zero attached hydrogens (tertiary/aromatic N) is 8. The molecule has 0 saturated heterocycles. The summed E-state index contributed by atoms with van der Waals surface area (Å²) >= 11 is 0. The van der Waals surface area contributed by atoms with E-state index >= 15 is 0 Å². The monoisotopic (exact) mass is 539 g/mol. The van der Waals surface area contributed by atoms with Crippen LogP contribution in [0.15, 0.2) is 43.0 Å². The first-order valence-corrected chi connectivity index (χ1v) is 14.4. The van der Waals surface area contributed by atoms with E-state index < -0.39 is 10.0 Å². The minimum absolute atomic E-state index is 0.309. The third-order valence-corrected chi connectivity index (χ3v) is 8.53. The fraction of sp³-hybridized carbons (Fsp3) is 0.480. The predicted molar refractivity (Wildman–Crippen MR) is 144 cm³/mol. The van der Waals surface area contributed by atoms with Crippen LogP contribution >= 0.6 is 0 Å². The lowest BCUT2D eigenvalue weighted by Gasteiger charge is -2.20. The SMILES string of the molecule is CCc1cnn2c(NCc3cccnc3)cc(N(C)CCCOCCc3cn(S(=O)(=O)C4CC4)nn3)nc12. The van der Waals surface area contributed by atoms with Gasteiger partial charge in [0, 0.05) is 57.2 Å². The highest BCUT2D eigenvalue weighted by Gasteiger charge is 2.37. The quantitative estimate of drug-likeness (QED) is 0.238. The molecule has 38 heavy (non-hydrogen) atoms. The molecule has 1 aliphatic carbocycles. The lowest BCUT2D eigenvalue weighted by atomic mass is 10.2. The maximum Gasteiger partial charge on any atom is 0.258 e. The molecule has 1 N–H and O–H groups in total. The van der Waals surface area contributed by atoms with Gasteiger partial charge in [-0.15, -0.1) is 9.19 Å². The summed E-state index contributed by atoms with van der Waals surface area (Å²) in [7, 11) is -1.36. The highest BCUT2D eigenvalue weighted by Crippen LogP contribution is 2.29. The molecule has 0 radical (unpaired) electrons. The molecule has 202 valence electrons. The first-order chi connectivity index (χ1) is 18.5. The van der Waals surface area contributed by atoms with Crippen molar-refractivity contribution in [2.45, 2.75) is 50.8 Å². The van der Waals surface area contributed by atoms with Crippen molar-refractivity contribution in [2.24, 2.45) is 0 Å². The maximum absolute atomic E-state index is 12.2. The van der Waals surface area contributed by atoms with Gasteiger partial charge in [-0.25, -0.2) is 13.4 Å². The van der Waals surface area contributed by atoms with E-state index in [-0.39, 0.29) is 5.25 Å². The Morgan fingerprint density at radius 1 is 1.24 bits per heavy atom. The molecule has 0 amide bonds. The van der Waals surface area contributed by atoms with Crippen molar-refractivity contribution in [3.63, 3.8) is 0 Å². The molecule has 0 atom stereocenters. The van der Waals surface area contributed by atoms with Crippen LogP contribution in [0.25, 0.3) is 5.65 Å². The molecule has 12 nitrogen and oxygen atoms in total. The fourth-order valence-corrected chi connectivity index (χ4v) is 5.54. The molecule has 1 saturated carbocycles. The average molecular weight is 540 g/mol. The number of ether oxygens (including phenoxy) is 1. The molecule has 0 aliphatic heterocycles. The van der Waals surface area contributed by atoms with E-state index in [1.807, 2.05) is 42.2 Å². The van der Waals surface area contributed by atoms with Crippen LogP contribution in [0.3, 0.4) is 0 Å². The number of hydrogen-bond acceptors (Lipinski definition) is 10. The molecule has 4 heterocycles. The van der Waals surface area contributed by atoms with Crippen molar-refractivity contribution < 1.29 is 13.2 Å². The van der Waals surface area contributed by atoms with Gasteiger partial charge in [-0.2, -0.15) is 9.61 Å². The number of aromatic nitrogens is 7. The number of pyridine rings is 1. The van der Waals surface area contributed by atoms with Gasteiger partial charge in [0.05, 0.1) is 29.9 Å². The molecular formula is C25H33N9O3S. The van der Waals surface area contributed by atoms with Gasteiger partial charge >= 0.3 is 0 Å². The largest absolute Gasteiger partial charge is 0.381 e. The molecule has 5 rings (SSSR count). The van der Waals surface area contributed by atoms with Gasteiger partial charge < -0.3 is 15.0 Å². The molecule has 0 bridgehead atoms. The second kappa shape index (κ2) is 11.4. The molecule has 13 heteroatoms. The molecule has 0 aromatic carbocycles. The topological polar surface area (TPSA) is 132 Å². The average Bonchev–Trinajstić information content (AvgIpc) is 3.55. The van der Waals surface area contributed by atoms with E-state index in [1.165, 1.54) is 6.20 Å². The normalized spacial score (nSPS) is 13.7. The van der Waals surface area contributed by atoms with Gasteiger partial charge in [0.1, 0.15) is 11.6 Å². The number of anilines is 2. The number of rotatable bonds is 14. The molecule has 0 spiro atoms. The lowest BCUT2D eigenvalue weighted by Crippen LogP contribution is -2.22. The smallest absolute Gasteiger partial charge is 0.258 e. The predicted octanol–water partition coefficient (Wildman–Crippen LogP) is 2.32. The zero-order valence-corrected chi connectivity index (χ0v) is 22.5. The fourth-order valence-electron chi connectivity index (χ4n) is 4.10. The summed E-state index contributed by atoms with van der Waals surface area (Å²) in [6, 6.07) is 5.96.